The Kier molecular flexibility index (Phi) is 12.8. The van der Waals surface area contributed by atoms with Crippen LogP contribution in [-0.4, -0.2) is 45.3 Å². The highest BCUT2D eigenvalue weighted by Gasteiger charge is 2.27. The van der Waals surface area contributed by atoms with E-state index in [9.17, 15) is 0 Å². The van der Waals surface area contributed by atoms with E-state index in [1.807, 2.05) is 24.3 Å². The van der Waals surface area contributed by atoms with Crippen LogP contribution in [-0.2, 0) is 6.61 Å². The number of hydrogen-bond donors (Lipinski definition) is 1. The van der Waals surface area contributed by atoms with E-state index < -0.39 is 0 Å². The van der Waals surface area contributed by atoms with E-state index in [1.165, 1.54) is 12.0 Å². The van der Waals surface area contributed by atoms with E-state index in [2.05, 4.69) is 42.3 Å². The van der Waals surface area contributed by atoms with Gasteiger partial charge < -0.3 is 19.5 Å². The summed E-state index contributed by atoms with van der Waals surface area (Å²) in [4.78, 5) is 2.58. The van der Waals surface area contributed by atoms with Gasteiger partial charge in [-0.25, -0.2) is 0 Å². The van der Waals surface area contributed by atoms with Crippen LogP contribution in [0.2, 0.25) is 0 Å². The van der Waals surface area contributed by atoms with E-state index in [4.69, 9.17) is 14.2 Å². The maximum atomic E-state index is 6.37. The molecule has 180 valence electrons. The molecule has 0 saturated carbocycles. The maximum absolute atomic E-state index is 6.37. The van der Waals surface area contributed by atoms with Crippen LogP contribution in [0.1, 0.15) is 43.9 Å². The van der Waals surface area contributed by atoms with Gasteiger partial charge in [-0.15, -0.1) is 24.8 Å². The minimum absolute atomic E-state index is 0. The average Bonchev–Trinajstić information content (AvgIpc) is 2.79. The van der Waals surface area contributed by atoms with Gasteiger partial charge in [0.15, 0.2) is 11.5 Å². The van der Waals surface area contributed by atoms with Crippen molar-refractivity contribution in [2.24, 2.45) is 5.92 Å². The fourth-order valence-electron chi connectivity index (χ4n) is 4.02. The first-order chi connectivity index (χ1) is 14.6. The maximum Gasteiger partial charge on any atom is 0.164 e. The van der Waals surface area contributed by atoms with Crippen LogP contribution in [0, 0.1) is 5.92 Å². The number of rotatable bonds is 10. The fraction of sp³-hybridized carbons (Fsp3) is 0.520. The topological polar surface area (TPSA) is 43.0 Å². The van der Waals surface area contributed by atoms with Crippen molar-refractivity contribution in [3.63, 3.8) is 0 Å². The molecule has 2 aromatic carbocycles. The lowest BCUT2D eigenvalue weighted by molar-refractivity contribution is 0.155. The molecule has 0 aliphatic carbocycles. The summed E-state index contributed by atoms with van der Waals surface area (Å²) in [5, 5.41) is 3.47. The van der Waals surface area contributed by atoms with Gasteiger partial charge in [0.25, 0.3) is 0 Å². The second kappa shape index (κ2) is 14.5. The van der Waals surface area contributed by atoms with Gasteiger partial charge in [-0.2, -0.15) is 0 Å². The highest BCUT2D eigenvalue weighted by molar-refractivity contribution is 5.85. The van der Waals surface area contributed by atoms with Gasteiger partial charge in [-0.05, 0) is 30.4 Å². The molecule has 0 unspecified atom stereocenters. The van der Waals surface area contributed by atoms with Crippen LogP contribution in [0.5, 0.6) is 17.2 Å². The second-order valence-electron chi connectivity index (χ2n) is 8.29. The lowest BCUT2D eigenvalue weighted by Crippen LogP contribution is -2.45. The zero-order valence-electron chi connectivity index (χ0n) is 19.6. The van der Waals surface area contributed by atoms with Crippen LogP contribution < -0.4 is 19.5 Å². The number of halogens is 2. The fourth-order valence-corrected chi connectivity index (χ4v) is 4.02. The lowest BCUT2D eigenvalue weighted by Gasteiger charge is -2.36. The highest BCUT2D eigenvalue weighted by atomic mass is 35.5. The van der Waals surface area contributed by atoms with Crippen molar-refractivity contribution in [1.82, 2.24) is 10.2 Å². The van der Waals surface area contributed by atoms with Gasteiger partial charge in [-0.1, -0.05) is 44.2 Å². The molecule has 1 atom stereocenters. The number of hydrogen-bond acceptors (Lipinski definition) is 5. The van der Waals surface area contributed by atoms with Gasteiger partial charge >= 0.3 is 0 Å². The third kappa shape index (κ3) is 7.73. The van der Waals surface area contributed by atoms with Crippen LogP contribution in [0.25, 0.3) is 0 Å². The molecule has 1 aliphatic heterocycles. The molecule has 0 amide bonds. The monoisotopic (exact) mass is 484 g/mol. The number of benzene rings is 2. The Morgan fingerprint density at radius 1 is 0.875 bits per heavy atom. The van der Waals surface area contributed by atoms with Gasteiger partial charge in [0.05, 0.1) is 14.2 Å². The summed E-state index contributed by atoms with van der Waals surface area (Å²) in [6.45, 7) is 9.22. The summed E-state index contributed by atoms with van der Waals surface area (Å²) in [7, 11) is 3.37. The summed E-state index contributed by atoms with van der Waals surface area (Å²) >= 11 is 0. The van der Waals surface area contributed by atoms with E-state index in [0.717, 1.165) is 49.7 Å². The number of piperazine rings is 1. The zero-order valence-corrected chi connectivity index (χ0v) is 21.3. The molecule has 1 aliphatic rings. The highest BCUT2D eigenvalue weighted by Crippen LogP contribution is 2.41. The van der Waals surface area contributed by atoms with Gasteiger partial charge in [0, 0.05) is 43.9 Å². The Hall–Kier alpha value is -1.66. The number of nitrogens with zero attached hydrogens (tertiary/aromatic N) is 1. The summed E-state index contributed by atoms with van der Waals surface area (Å²) in [5.74, 6) is 2.99. The van der Waals surface area contributed by atoms with Crippen molar-refractivity contribution in [1.29, 1.82) is 0 Å². The molecular weight excluding hydrogens is 447 g/mol. The minimum atomic E-state index is 0. The molecule has 0 spiro atoms. The summed E-state index contributed by atoms with van der Waals surface area (Å²) < 4.78 is 17.6. The Bertz CT molecular complexity index is 784. The van der Waals surface area contributed by atoms with Crippen LogP contribution in [0.4, 0.5) is 0 Å². The number of ether oxygens (including phenoxy) is 3. The third-order valence-corrected chi connectivity index (χ3v) is 5.72. The molecule has 1 heterocycles. The van der Waals surface area contributed by atoms with E-state index in [-0.39, 0.29) is 24.8 Å². The van der Waals surface area contributed by atoms with Crippen molar-refractivity contribution in [2.45, 2.75) is 39.3 Å². The summed E-state index contributed by atoms with van der Waals surface area (Å²) in [6, 6.07) is 14.7. The third-order valence-electron chi connectivity index (χ3n) is 5.72. The summed E-state index contributed by atoms with van der Waals surface area (Å²) in [6.07, 6.45) is 2.26. The second-order valence-corrected chi connectivity index (χ2v) is 8.29. The molecular formula is C25H38Cl2N2O3. The Balaban J connectivity index is 0.00000256. The molecule has 0 bridgehead atoms. The smallest absolute Gasteiger partial charge is 0.164 e. The molecule has 0 radical (unpaired) electrons. The SMILES string of the molecule is COc1cc(OCc2ccccc2)c([C@@H](CCC(C)C)N2CCNCC2)cc1OC.Cl.Cl. The lowest BCUT2D eigenvalue weighted by atomic mass is 9.94. The van der Waals surface area contributed by atoms with Crippen LogP contribution in [0.15, 0.2) is 42.5 Å². The zero-order chi connectivity index (χ0) is 21.3. The van der Waals surface area contributed by atoms with Gasteiger partial charge in [0.1, 0.15) is 12.4 Å². The van der Waals surface area contributed by atoms with E-state index in [1.54, 1.807) is 14.2 Å². The molecule has 32 heavy (non-hydrogen) atoms. The number of methoxy groups -OCH3 is 2. The standard InChI is InChI=1S/C25H36N2O3.2ClH/c1-19(2)10-11-22(27-14-12-26-13-15-27)21-16-24(28-3)25(29-4)17-23(21)30-18-20-8-6-5-7-9-20;;/h5-9,16-17,19,22,26H,10-15,18H2,1-4H3;2*1H/t22-;;/m1../s1. The van der Waals surface area contributed by atoms with Crippen LogP contribution in [0.3, 0.4) is 0 Å². The summed E-state index contributed by atoms with van der Waals surface area (Å²) in [5.41, 5.74) is 2.34. The first-order valence-electron chi connectivity index (χ1n) is 11.0. The van der Waals surface area contributed by atoms with E-state index in [0.29, 0.717) is 24.3 Å². The van der Waals surface area contributed by atoms with Gasteiger partial charge in [-0.3, -0.25) is 4.90 Å². The van der Waals surface area contributed by atoms with Crippen molar-refractivity contribution in [3.05, 3.63) is 53.6 Å². The Morgan fingerprint density at radius 2 is 1.50 bits per heavy atom. The van der Waals surface area contributed by atoms with Gasteiger partial charge in [0.2, 0.25) is 0 Å². The molecule has 5 nitrogen and oxygen atoms in total. The molecule has 3 rings (SSSR count). The largest absolute Gasteiger partial charge is 0.493 e. The minimum Gasteiger partial charge on any atom is -0.493 e. The quantitative estimate of drug-likeness (QED) is 0.481. The first-order valence-corrected chi connectivity index (χ1v) is 11.0. The molecule has 1 N–H and O–H groups in total. The molecule has 7 heteroatoms. The van der Waals surface area contributed by atoms with Crippen LogP contribution >= 0.6 is 24.8 Å². The Labute approximate surface area is 205 Å². The first kappa shape index (κ1) is 28.4. The van der Waals surface area contributed by atoms with E-state index >= 15 is 0 Å². The normalized spacial score (nSPS) is 14.8. The predicted molar refractivity (Wildman–Crippen MR) is 136 cm³/mol. The number of nitrogens with one attached hydrogen (secondary N) is 1. The average molecular weight is 485 g/mol. The molecule has 1 fully saturated rings. The van der Waals surface area contributed by atoms with Crippen molar-refractivity contribution < 1.29 is 14.2 Å². The molecule has 1 saturated heterocycles. The molecule has 0 aromatic heterocycles. The van der Waals surface area contributed by atoms with Crippen molar-refractivity contribution in [3.8, 4) is 17.2 Å². The predicted octanol–water partition coefficient (Wildman–Crippen LogP) is 5.51. The van der Waals surface area contributed by atoms with Crippen molar-refractivity contribution >= 4 is 24.8 Å². The van der Waals surface area contributed by atoms with Crippen molar-refractivity contribution in [2.75, 3.05) is 40.4 Å². The molecule has 2 aromatic rings. The Morgan fingerprint density at radius 3 is 2.09 bits per heavy atom.